The molecule has 0 bridgehead atoms. The molecule has 0 spiro atoms. The lowest BCUT2D eigenvalue weighted by molar-refractivity contribution is 0.138. The lowest BCUT2D eigenvalue weighted by Crippen LogP contribution is -2.49. The molecule has 3 heterocycles. The first kappa shape index (κ1) is 16.8. The number of fused-ring (bicyclic) bond motifs is 2. The molecule has 138 valence electrons. The number of amides is 1. The van der Waals surface area contributed by atoms with Crippen molar-refractivity contribution in [3.63, 3.8) is 0 Å². The van der Waals surface area contributed by atoms with E-state index in [0.717, 1.165) is 6.26 Å². The fourth-order valence-corrected chi connectivity index (χ4v) is 4.02. The first-order chi connectivity index (χ1) is 12.2. The molecule has 1 saturated carbocycles. The molecule has 2 aliphatic rings. The molecule has 2 atom stereocenters. The van der Waals surface area contributed by atoms with Crippen LogP contribution in [0.2, 0.25) is 0 Å². The standard InChI is InChI=1S/C15H17N5O5S/c1-18-12-8(7-16-14(17-12)26(2,24)25)5-11(13(18)21)19-3-4-20(15(22)23)10-6-9(10)19/h5,7,9-10H,3-4,6H2,1-2H3,(H,22,23). The SMILES string of the molecule is Cn1c(=O)c(N2CCN(C(=O)O)C3CC32)cc2cnc(S(C)(=O)=O)nc21. The predicted octanol–water partition coefficient (Wildman–Crippen LogP) is -0.327. The molecule has 1 saturated heterocycles. The Kier molecular flexibility index (Phi) is 3.48. The van der Waals surface area contributed by atoms with E-state index >= 15 is 0 Å². The fraction of sp³-hybridized carbons (Fsp3) is 0.467. The number of nitrogens with zero attached hydrogens (tertiary/aromatic N) is 5. The Morgan fingerprint density at radius 2 is 2.04 bits per heavy atom. The van der Waals surface area contributed by atoms with Crippen molar-refractivity contribution >= 4 is 32.7 Å². The Labute approximate surface area is 148 Å². The number of carboxylic acid groups (broad SMARTS) is 1. The number of hydrogen-bond acceptors (Lipinski definition) is 7. The van der Waals surface area contributed by atoms with Gasteiger partial charge in [0, 0.05) is 38.0 Å². The normalized spacial score (nSPS) is 22.4. The molecule has 26 heavy (non-hydrogen) atoms. The summed E-state index contributed by atoms with van der Waals surface area (Å²) in [5.41, 5.74) is 0.393. The van der Waals surface area contributed by atoms with Gasteiger partial charge in [0.1, 0.15) is 11.3 Å². The Balaban J connectivity index is 1.78. The minimum atomic E-state index is -3.58. The third kappa shape index (κ3) is 2.50. The van der Waals surface area contributed by atoms with Crippen LogP contribution in [-0.2, 0) is 16.9 Å². The van der Waals surface area contributed by atoms with Crippen LogP contribution in [0.3, 0.4) is 0 Å². The van der Waals surface area contributed by atoms with Gasteiger partial charge in [-0.3, -0.25) is 9.36 Å². The summed E-state index contributed by atoms with van der Waals surface area (Å²) in [6.07, 6.45) is 2.15. The lowest BCUT2D eigenvalue weighted by Gasteiger charge is -2.33. The molecule has 1 aliphatic carbocycles. The van der Waals surface area contributed by atoms with Crippen LogP contribution in [0.4, 0.5) is 10.5 Å². The second-order valence-electron chi connectivity index (χ2n) is 6.64. The summed E-state index contributed by atoms with van der Waals surface area (Å²) >= 11 is 0. The summed E-state index contributed by atoms with van der Waals surface area (Å²) in [5, 5.41) is 9.42. The van der Waals surface area contributed by atoms with Crippen LogP contribution in [0.15, 0.2) is 22.2 Å². The molecule has 11 heteroatoms. The van der Waals surface area contributed by atoms with Crippen molar-refractivity contribution in [2.45, 2.75) is 23.7 Å². The third-order valence-corrected chi connectivity index (χ3v) is 5.76. The smallest absolute Gasteiger partial charge is 0.407 e. The monoisotopic (exact) mass is 379 g/mol. The first-order valence-corrected chi connectivity index (χ1v) is 9.90. The highest BCUT2D eigenvalue weighted by Gasteiger charge is 2.51. The van der Waals surface area contributed by atoms with E-state index in [1.807, 2.05) is 4.90 Å². The molecule has 1 amide bonds. The van der Waals surface area contributed by atoms with Gasteiger partial charge >= 0.3 is 6.09 Å². The quantitative estimate of drug-likeness (QED) is 0.703. The molecule has 2 unspecified atom stereocenters. The van der Waals surface area contributed by atoms with Crippen LogP contribution in [0.5, 0.6) is 0 Å². The maximum Gasteiger partial charge on any atom is 0.407 e. The molecule has 1 aliphatic heterocycles. The number of pyridine rings is 1. The van der Waals surface area contributed by atoms with Crippen LogP contribution in [0, 0.1) is 0 Å². The van der Waals surface area contributed by atoms with Crippen LogP contribution in [-0.4, -0.2) is 70.5 Å². The van der Waals surface area contributed by atoms with Gasteiger partial charge in [-0.05, 0) is 12.5 Å². The zero-order valence-corrected chi connectivity index (χ0v) is 15.0. The van der Waals surface area contributed by atoms with E-state index in [9.17, 15) is 23.1 Å². The Hall–Kier alpha value is -2.69. The number of hydrogen-bond donors (Lipinski definition) is 1. The second-order valence-corrected chi connectivity index (χ2v) is 8.55. The van der Waals surface area contributed by atoms with Gasteiger partial charge in [-0.1, -0.05) is 0 Å². The van der Waals surface area contributed by atoms with E-state index in [2.05, 4.69) is 9.97 Å². The molecular formula is C15H17N5O5S. The van der Waals surface area contributed by atoms with E-state index in [0.29, 0.717) is 30.6 Å². The number of carbonyl (C=O) groups is 1. The van der Waals surface area contributed by atoms with Gasteiger partial charge in [0.25, 0.3) is 5.56 Å². The molecule has 2 aromatic rings. The molecule has 1 N–H and O–H groups in total. The van der Waals surface area contributed by atoms with Crippen molar-refractivity contribution < 1.29 is 18.3 Å². The zero-order valence-electron chi connectivity index (χ0n) is 14.2. The number of aromatic nitrogens is 3. The molecule has 0 aromatic carbocycles. The molecule has 10 nitrogen and oxygen atoms in total. The maximum atomic E-state index is 12.8. The number of anilines is 1. The minimum absolute atomic E-state index is 0.0128. The Bertz CT molecular complexity index is 1100. The summed E-state index contributed by atoms with van der Waals surface area (Å²) in [6.45, 7) is 0.762. The molecule has 2 aromatic heterocycles. The zero-order chi connectivity index (χ0) is 18.8. The van der Waals surface area contributed by atoms with Gasteiger partial charge in [-0.2, -0.15) is 4.98 Å². The highest BCUT2D eigenvalue weighted by atomic mass is 32.2. The van der Waals surface area contributed by atoms with Crippen molar-refractivity contribution in [3.05, 3.63) is 22.6 Å². The molecule has 4 rings (SSSR count). The van der Waals surface area contributed by atoms with Crippen LogP contribution < -0.4 is 10.5 Å². The van der Waals surface area contributed by atoms with E-state index in [1.165, 1.54) is 22.7 Å². The Morgan fingerprint density at radius 3 is 2.69 bits per heavy atom. The summed E-state index contributed by atoms with van der Waals surface area (Å²) in [4.78, 5) is 35.3. The van der Waals surface area contributed by atoms with Crippen molar-refractivity contribution in [1.29, 1.82) is 0 Å². The van der Waals surface area contributed by atoms with E-state index < -0.39 is 15.9 Å². The molecular weight excluding hydrogens is 362 g/mol. The van der Waals surface area contributed by atoms with Gasteiger partial charge in [-0.25, -0.2) is 18.2 Å². The second kappa shape index (κ2) is 5.40. The lowest BCUT2D eigenvalue weighted by atomic mass is 10.2. The largest absolute Gasteiger partial charge is 0.465 e. The van der Waals surface area contributed by atoms with Crippen molar-refractivity contribution in [2.24, 2.45) is 7.05 Å². The number of aryl methyl sites for hydroxylation is 1. The van der Waals surface area contributed by atoms with Crippen LogP contribution in [0.1, 0.15) is 6.42 Å². The van der Waals surface area contributed by atoms with Crippen molar-refractivity contribution in [3.8, 4) is 0 Å². The molecule has 2 fully saturated rings. The molecule has 0 radical (unpaired) electrons. The minimum Gasteiger partial charge on any atom is -0.465 e. The van der Waals surface area contributed by atoms with Gasteiger partial charge in [0.15, 0.2) is 0 Å². The van der Waals surface area contributed by atoms with E-state index in [1.54, 1.807) is 6.07 Å². The van der Waals surface area contributed by atoms with Gasteiger partial charge < -0.3 is 14.9 Å². The maximum absolute atomic E-state index is 12.8. The number of rotatable bonds is 2. The number of sulfone groups is 1. The van der Waals surface area contributed by atoms with Crippen LogP contribution >= 0.6 is 0 Å². The Morgan fingerprint density at radius 1 is 1.31 bits per heavy atom. The van der Waals surface area contributed by atoms with Crippen molar-refractivity contribution in [2.75, 3.05) is 24.2 Å². The van der Waals surface area contributed by atoms with Gasteiger partial charge in [0.2, 0.25) is 15.0 Å². The van der Waals surface area contributed by atoms with Crippen molar-refractivity contribution in [1.82, 2.24) is 19.4 Å². The highest BCUT2D eigenvalue weighted by Crippen LogP contribution is 2.38. The summed E-state index contributed by atoms with van der Waals surface area (Å²) < 4.78 is 24.6. The summed E-state index contributed by atoms with van der Waals surface area (Å²) in [7, 11) is -2.05. The van der Waals surface area contributed by atoms with E-state index in [-0.39, 0.29) is 28.4 Å². The topological polar surface area (TPSA) is 126 Å². The van der Waals surface area contributed by atoms with Gasteiger partial charge in [0.05, 0.1) is 12.1 Å². The number of piperazine rings is 1. The summed E-state index contributed by atoms with van der Waals surface area (Å²) in [5.74, 6) is 0. The van der Waals surface area contributed by atoms with Crippen LogP contribution in [0.25, 0.3) is 11.0 Å². The summed E-state index contributed by atoms with van der Waals surface area (Å²) in [6, 6.07) is 1.54. The average molecular weight is 379 g/mol. The van der Waals surface area contributed by atoms with Gasteiger partial charge in [-0.15, -0.1) is 0 Å². The average Bonchev–Trinajstić information content (AvgIpc) is 3.36. The predicted molar refractivity (Wildman–Crippen MR) is 92.2 cm³/mol. The van der Waals surface area contributed by atoms with E-state index in [4.69, 9.17) is 0 Å². The fourth-order valence-electron chi connectivity index (χ4n) is 3.52. The first-order valence-electron chi connectivity index (χ1n) is 8.01. The highest BCUT2D eigenvalue weighted by molar-refractivity contribution is 7.90. The third-order valence-electron chi connectivity index (χ3n) is 4.90.